The molecule has 0 aromatic heterocycles. The van der Waals surface area contributed by atoms with Crippen molar-refractivity contribution in [2.75, 3.05) is 11.9 Å². The molecule has 0 aliphatic heterocycles. The fraction of sp³-hybridized carbons (Fsp3) is 1.00. The molecule has 0 saturated carbocycles. The summed E-state index contributed by atoms with van der Waals surface area (Å²) in [5, 5.41) is -0.382. The minimum absolute atomic E-state index is 0.0360. The van der Waals surface area contributed by atoms with Gasteiger partial charge < -0.3 is 4.74 Å². The van der Waals surface area contributed by atoms with Gasteiger partial charge in [0.15, 0.2) is 0 Å². The molecule has 0 fully saturated rings. The van der Waals surface area contributed by atoms with Crippen molar-refractivity contribution >= 4 is 46.4 Å². The fourth-order valence-corrected chi connectivity index (χ4v) is 0.913. The van der Waals surface area contributed by atoms with Gasteiger partial charge in [0, 0.05) is 5.88 Å². The van der Waals surface area contributed by atoms with Crippen LogP contribution >= 0.6 is 46.4 Å². The molecule has 0 aromatic rings. The van der Waals surface area contributed by atoms with Crippen molar-refractivity contribution in [1.29, 1.82) is 0 Å². The van der Waals surface area contributed by atoms with E-state index < -0.39 is 5.56 Å². The van der Waals surface area contributed by atoms with Crippen LogP contribution in [0.15, 0.2) is 0 Å². The van der Waals surface area contributed by atoms with E-state index in [1.54, 1.807) is 0 Å². The summed E-state index contributed by atoms with van der Waals surface area (Å²) in [6.07, 6.45) is 0. The highest BCUT2D eigenvalue weighted by Gasteiger charge is 2.14. The lowest BCUT2D eigenvalue weighted by Crippen LogP contribution is -2.19. The summed E-state index contributed by atoms with van der Waals surface area (Å²) < 4.78 is 4.71. The fourth-order valence-electron chi connectivity index (χ4n) is 0.235. The number of hydrogen-bond donors (Lipinski definition) is 0. The van der Waals surface area contributed by atoms with Gasteiger partial charge in [-0.3, -0.25) is 0 Å². The Morgan fingerprint density at radius 3 is 2.11 bits per heavy atom. The van der Waals surface area contributed by atoms with Gasteiger partial charge in [0.05, 0.1) is 5.38 Å². The molecule has 0 saturated heterocycles. The third-order valence-corrected chi connectivity index (χ3v) is 2.21. The standard InChI is InChI=1S/C4H6Cl4O/c5-1-3(7)4(8)9-2-6/h3-4H,1-2H2. The number of rotatable bonds is 4. The lowest BCUT2D eigenvalue weighted by Gasteiger charge is -2.11. The van der Waals surface area contributed by atoms with E-state index in [2.05, 4.69) is 0 Å². The van der Waals surface area contributed by atoms with Crippen molar-refractivity contribution in [1.82, 2.24) is 0 Å². The highest BCUT2D eigenvalue weighted by Crippen LogP contribution is 2.12. The van der Waals surface area contributed by atoms with Gasteiger partial charge in [0.2, 0.25) is 0 Å². The molecule has 2 unspecified atom stereocenters. The van der Waals surface area contributed by atoms with Gasteiger partial charge in [-0.1, -0.05) is 23.2 Å². The van der Waals surface area contributed by atoms with Crippen molar-refractivity contribution in [2.24, 2.45) is 0 Å². The maximum Gasteiger partial charge on any atom is 0.150 e. The van der Waals surface area contributed by atoms with E-state index in [1.807, 2.05) is 0 Å². The topological polar surface area (TPSA) is 9.23 Å². The summed E-state index contributed by atoms with van der Waals surface area (Å²) in [6, 6.07) is 0.0360. The molecule has 0 aromatic carbocycles. The first kappa shape index (κ1) is 10.1. The monoisotopic (exact) mass is 210 g/mol. The van der Waals surface area contributed by atoms with Crippen LogP contribution in [0.25, 0.3) is 0 Å². The third-order valence-electron chi connectivity index (χ3n) is 0.654. The molecule has 0 aliphatic carbocycles. The summed E-state index contributed by atoms with van der Waals surface area (Å²) in [4.78, 5) is 0. The van der Waals surface area contributed by atoms with Crippen LogP contribution in [0, 0.1) is 0 Å². The smallest absolute Gasteiger partial charge is 0.150 e. The van der Waals surface area contributed by atoms with Crippen molar-refractivity contribution < 1.29 is 4.74 Å². The lowest BCUT2D eigenvalue weighted by atomic mass is 10.5. The highest BCUT2D eigenvalue weighted by molar-refractivity contribution is 6.33. The molecule has 0 rings (SSSR count). The molecule has 0 amide bonds. The quantitative estimate of drug-likeness (QED) is 0.650. The molecule has 0 aliphatic rings. The van der Waals surface area contributed by atoms with Gasteiger partial charge in [-0.05, 0) is 0 Å². The van der Waals surface area contributed by atoms with E-state index >= 15 is 0 Å². The van der Waals surface area contributed by atoms with Gasteiger partial charge in [0.1, 0.15) is 11.6 Å². The zero-order valence-electron chi connectivity index (χ0n) is 4.49. The van der Waals surface area contributed by atoms with Crippen LogP contribution in [0.3, 0.4) is 0 Å². The molecule has 0 N–H and O–H groups in total. The molecule has 0 radical (unpaired) electrons. The molecule has 0 heterocycles. The Balaban J connectivity index is 3.32. The first-order valence-corrected chi connectivity index (χ1v) is 4.18. The Bertz CT molecular complexity index is 69.6. The van der Waals surface area contributed by atoms with E-state index in [1.165, 1.54) is 0 Å². The minimum atomic E-state index is -0.596. The van der Waals surface area contributed by atoms with Crippen molar-refractivity contribution in [2.45, 2.75) is 10.9 Å². The van der Waals surface area contributed by atoms with Gasteiger partial charge in [-0.25, -0.2) is 0 Å². The average molecular weight is 212 g/mol. The second-order valence-corrected chi connectivity index (χ2v) is 2.81. The second-order valence-electron chi connectivity index (χ2n) is 1.30. The number of hydrogen-bond acceptors (Lipinski definition) is 1. The third kappa shape index (κ3) is 4.51. The molecular formula is C4H6Cl4O. The van der Waals surface area contributed by atoms with Crippen LogP contribution in [-0.2, 0) is 4.74 Å². The summed E-state index contributed by atoms with van der Waals surface area (Å²) >= 11 is 21.6. The Hall–Kier alpha value is 1.12. The van der Waals surface area contributed by atoms with Crippen molar-refractivity contribution in [3.63, 3.8) is 0 Å². The Kier molecular flexibility index (Phi) is 6.60. The minimum Gasteiger partial charge on any atom is -0.345 e. The summed E-state index contributed by atoms with van der Waals surface area (Å²) in [7, 11) is 0. The number of alkyl halides is 4. The summed E-state index contributed by atoms with van der Waals surface area (Å²) in [5.74, 6) is 0.257. The van der Waals surface area contributed by atoms with E-state index in [9.17, 15) is 0 Å². The van der Waals surface area contributed by atoms with E-state index in [0.717, 1.165) is 0 Å². The molecular weight excluding hydrogens is 206 g/mol. The molecule has 0 spiro atoms. The molecule has 56 valence electrons. The van der Waals surface area contributed by atoms with Crippen LogP contribution in [0.2, 0.25) is 0 Å². The Labute approximate surface area is 74.2 Å². The van der Waals surface area contributed by atoms with Crippen molar-refractivity contribution in [3.8, 4) is 0 Å². The molecule has 5 heteroatoms. The summed E-state index contributed by atoms with van der Waals surface area (Å²) in [6.45, 7) is 0. The normalized spacial score (nSPS) is 17.3. The van der Waals surface area contributed by atoms with E-state index in [0.29, 0.717) is 0 Å². The zero-order valence-corrected chi connectivity index (χ0v) is 7.51. The Morgan fingerprint density at radius 2 is 1.78 bits per heavy atom. The predicted octanol–water partition coefficient (Wildman–Crippen LogP) is 2.61. The highest BCUT2D eigenvalue weighted by atomic mass is 35.5. The average Bonchev–Trinajstić information content (AvgIpc) is 1.87. The van der Waals surface area contributed by atoms with Crippen LogP contribution in [0.4, 0.5) is 0 Å². The molecule has 1 nitrogen and oxygen atoms in total. The number of ether oxygens (including phenoxy) is 1. The SMILES string of the molecule is ClCOC(Cl)C(Cl)CCl. The predicted molar refractivity (Wildman–Crippen MR) is 41.8 cm³/mol. The van der Waals surface area contributed by atoms with Crippen LogP contribution < -0.4 is 0 Å². The Morgan fingerprint density at radius 1 is 1.22 bits per heavy atom. The van der Waals surface area contributed by atoms with Gasteiger partial charge >= 0.3 is 0 Å². The maximum atomic E-state index is 5.55. The lowest BCUT2D eigenvalue weighted by molar-refractivity contribution is 0.149. The van der Waals surface area contributed by atoms with Crippen LogP contribution in [0.1, 0.15) is 0 Å². The van der Waals surface area contributed by atoms with Crippen LogP contribution in [-0.4, -0.2) is 22.9 Å². The molecule has 2 atom stereocenters. The molecule has 9 heavy (non-hydrogen) atoms. The largest absolute Gasteiger partial charge is 0.345 e. The first-order chi connectivity index (χ1) is 4.22. The second kappa shape index (κ2) is 5.87. The molecule has 0 bridgehead atoms. The van der Waals surface area contributed by atoms with E-state index in [-0.39, 0.29) is 17.3 Å². The first-order valence-electron chi connectivity index (χ1n) is 2.24. The maximum absolute atomic E-state index is 5.55. The van der Waals surface area contributed by atoms with Crippen molar-refractivity contribution in [3.05, 3.63) is 0 Å². The van der Waals surface area contributed by atoms with Gasteiger partial charge in [-0.2, -0.15) is 0 Å². The van der Waals surface area contributed by atoms with E-state index in [4.69, 9.17) is 51.1 Å². The van der Waals surface area contributed by atoms with Gasteiger partial charge in [-0.15, -0.1) is 23.2 Å². The zero-order chi connectivity index (χ0) is 7.28. The van der Waals surface area contributed by atoms with Gasteiger partial charge in [0.25, 0.3) is 0 Å². The number of halogens is 4. The van der Waals surface area contributed by atoms with Crippen LogP contribution in [0.5, 0.6) is 0 Å². The summed E-state index contributed by atoms with van der Waals surface area (Å²) in [5.41, 5.74) is -0.596.